The van der Waals surface area contributed by atoms with E-state index in [1.54, 1.807) is 6.20 Å². The number of nitrogens with zero attached hydrogens (tertiary/aromatic N) is 5. The summed E-state index contributed by atoms with van der Waals surface area (Å²) in [5.41, 5.74) is 6.88. The van der Waals surface area contributed by atoms with Gasteiger partial charge in [0.15, 0.2) is 5.96 Å². The molecule has 7 nitrogen and oxygen atoms in total. The summed E-state index contributed by atoms with van der Waals surface area (Å²) < 4.78 is 5.48. The van der Waals surface area contributed by atoms with E-state index in [1.165, 1.54) is 0 Å². The van der Waals surface area contributed by atoms with Crippen molar-refractivity contribution in [2.75, 3.05) is 38.7 Å². The number of hydrogen-bond donors (Lipinski definition) is 1. The molecule has 1 saturated heterocycles. The van der Waals surface area contributed by atoms with Crippen LogP contribution in [0.25, 0.3) is 0 Å². The number of guanidine groups is 1. The van der Waals surface area contributed by atoms with E-state index in [9.17, 15) is 0 Å². The van der Waals surface area contributed by atoms with E-state index < -0.39 is 0 Å². The topological polar surface area (TPSA) is 79.9 Å². The average molecular weight is 406 g/mol. The summed E-state index contributed by atoms with van der Waals surface area (Å²) >= 11 is 0. The number of hydrogen-bond acceptors (Lipinski definition) is 5. The van der Waals surface area contributed by atoms with Crippen molar-refractivity contribution in [3.05, 3.63) is 18.0 Å². The fourth-order valence-electron chi connectivity index (χ4n) is 1.98. The van der Waals surface area contributed by atoms with Gasteiger partial charge in [-0.1, -0.05) is 0 Å². The van der Waals surface area contributed by atoms with Crippen LogP contribution in [-0.2, 0) is 11.3 Å². The van der Waals surface area contributed by atoms with E-state index in [2.05, 4.69) is 15.0 Å². The summed E-state index contributed by atoms with van der Waals surface area (Å²) in [6.07, 6.45) is 1.93. The maximum Gasteiger partial charge on any atom is 0.225 e. The summed E-state index contributed by atoms with van der Waals surface area (Å²) in [4.78, 5) is 16.9. The Morgan fingerprint density at radius 3 is 3.00 bits per heavy atom. The maximum atomic E-state index is 6.02. The lowest BCUT2D eigenvalue weighted by molar-refractivity contribution is 0.00528. The van der Waals surface area contributed by atoms with Gasteiger partial charge in [-0.2, -0.15) is 0 Å². The molecule has 2 heterocycles. The zero-order valence-electron chi connectivity index (χ0n) is 12.7. The fourth-order valence-corrected chi connectivity index (χ4v) is 1.98. The molecule has 0 radical (unpaired) electrons. The third kappa shape index (κ3) is 5.27. The van der Waals surface area contributed by atoms with E-state index in [1.807, 2.05) is 36.9 Å². The monoisotopic (exact) mass is 406 g/mol. The Morgan fingerprint density at radius 2 is 2.33 bits per heavy atom. The highest BCUT2D eigenvalue weighted by Crippen LogP contribution is 2.06. The van der Waals surface area contributed by atoms with Crippen LogP contribution in [0.5, 0.6) is 0 Å². The molecule has 0 saturated carbocycles. The van der Waals surface area contributed by atoms with Crippen molar-refractivity contribution < 1.29 is 4.74 Å². The lowest BCUT2D eigenvalue weighted by atomic mass is 10.3. The first-order valence-electron chi connectivity index (χ1n) is 6.72. The third-order valence-electron chi connectivity index (χ3n) is 3.07. The number of ether oxygens (including phenoxy) is 1. The summed E-state index contributed by atoms with van der Waals surface area (Å²) in [5, 5.41) is 0. The standard InChI is InChI=1S/C13H22N6O.HI/c1-10-9-19(6-7-20-10)12(14)16-8-11-4-5-15-13(17-11)18(2)3;/h4-5,10H,6-9H2,1-3H3,(H2,14,16);1H. The minimum Gasteiger partial charge on any atom is -0.375 e. The highest BCUT2D eigenvalue weighted by atomic mass is 127. The summed E-state index contributed by atoms with van der Waals surface area (Å²) in [6.45, 7) is 4.75. The van der Waals surface area contributed by atoms with Gasteiger partial charge < -0.3 is 20.3 Å². The van der Waals surface area contributed by atoms with Crippen molar-refractivity contribution in [1.82, 2.24) is 14.9 Å². The van der Waals surface area contributed by atoms with Crippen molar-refractivity contribution in [3.63, 3.8) is 0 Å². The largest absolute Gasteiger partial charge is 0.375 e. The zero-order chi connectivity index (χ0) is 14.5. The second-order valence-corrected chi connectivity index (χ2v) is 5.04. The van der Waals surface area contributed by atoms with Crippen molar-refractivity contribution >= 4 is 35.9 Å². The minimum absolute atomic E-state index is 0. The Balaban J connectivity index is 0.00000220. The molecule has 0 amide bonds. The van der Waals surface area contributed by atoms with Crippen LogP contribution < -0.4 is 10.6 Å². The second kappa shape index (κ2) is 8.32. The van der Waals surface area contributed by atoms with E-state index >= 15 is 0 Å². The number of rotatable bonds is 3. The molecule has 1 aromatic heterocycles. The molecule has 1 aliphatic rings. The SMILES string of the molecule is CC1CN(C(N)=NCc2ccnc(N(C)C)n2)CCO1.I. The van der Waals surface area contributed by atoms with Gasteiger partial charge in [0.2, 0.25) is 5.95 Å². The Bertz CT molecular complexity index is 481. The number of morpholine rings is 1. The van der Waals surface area contributed by atoms with E-state index in [-0.39, 0.29) is 30.1 Å². The summed E-state index contributed by atoms with van der Waals surface area (Å²) in [6, 6.07) is 1.85. The number of halogens is 1. The number of aromatic nitrogens is 2. The van der Waals surface area contributed by atoms with Crippen molar-refractivity contribution in [3.8, 4) is 0 Å². The predicted octanol–water partition coefficient (Wildman–Crippen LogP) is 0.696. The summed E-state index contributed by atoms with van der Waals surface area (Å²) in [7, 11) is 3.82. The van der Waals surface area contributed by atoms with Crippen LogP contribution in [0.4, 0.5) is 5.95 Å². The van der Waals surface area contributed by atoms with Crippen LogP contribution in [0.15, 0.2) is 17.3 Å². The first-order chi connectivity index (χ1) is 9.56. The van der Waals surface area contributed by atoms with Crippen LogP contribution in [-0.4, -0.2) is 60.7 Å². The van der Waals surface area contributed by atoms with Crippen molar-refractivity contribution in [1.29, 1.82) is 0 Å². The first-order valence-corrected chi connectivity index (χ1v) is 6.72. The first kappa shape index (κ1) is 17.9. The second-order valence-electron chi connectivity index (χ2n) is 5.04. The van der Waals surface area contributed by atoms with Gasteiger partial charge in [-0.05, 0) is 13.0 Å². The molecule has 1 fully saturated rings. The van der Waals surface area contributed by atoms with Crippen LogP contribution in [0.2, 0.25) is 0 Å². The number of anilines is 1. The van der Waals surface area contributed by atoms with Gasteiger partial charge in [0.1, 0.15) is 0 Å². The molecule has 1 atom stereocenters. The van der Waals surface area contributed by atoms with Crippen LogP contribution in [0.1, 0.15) is 12.6 Å². The molecule has 21 heavy (non-hydrogen) atoms. The van der Waals surface area contributed by atoms with Gasteiger partial charge in [-0.25, -0.2) is 15.0 Å². The summed E-state index contributed by atoms with van der Waals surface area (Å²) in [5.74, 6) is 1.22. The Morgan fingerprint density at radius 1 is 1.57 bits per heavy atom. The molecule has 1 unspecified atom stereocenters. The molecule has 0 spiro atoms. The molecule has 8 heteroatoms. The Kier molecular flexibility index (Phi) is 7.09. The minimum atomic E-state index is 0. The van der Waals surface area contributed by atoms with Crippen LogP contribution in [0.3, 0.4) is 0 Å². The van der Waals surface area contributed by atoms with Gasteiger partial charge >= 0.3 is 0 Å². The lowest BCUT2D eigenvalue weighted by Crippen LogP contribution is -2.47. The molecule has 0 bridgehead atoms. The Labute approximate surface area is 142 Å². The van der Waals surface area contributed by atoms with E-state index in [0.717, 1.165) is 18.8 Å². The van der Waals surface area contributed by atoms with Crippen LogP contribution >= 0.6 is 24.0 Å². The molecule has 0 aliphatic carbocycles. The molecule has 2 N–H and O–H groups in total. The van der Waals surface area contributed by atoms with Crippen LogP contribution in [0, 0.1) is 0 Å². The molecular weight excluding hydrogens is 383 g/mol. The zero-order valence-corrected chi connectivity index (χ0v) is 15.0. The molecule has 1 aromatic rings. The molecule has 1 aliphatic heterocycles. The highest BCUT2D eigenvalue weighted by Gasteiger charge is 2.17. The van der Waals surface area contributed by atoms with E-state index in [4.69, 9.17) is 10.5 Å². The fraction of sp³-hybridized carbons (Fsp3) is 0.615. The Hall–Kier alpha value is -1.16. The maximum absolute atomic E-state index is 6.02. The van der Waals surface area contributed by atoms with Crippen molar-refractivity contribution in [2.24, 2.45) is 10.7 Å². The van der Waals surface area contributed by atoms with Gasteiger partial charge in [-0.3, -0.25) is 0 Å². The number of aliphatic imine (C=N–C) groups is 1. The number of nitrogens with two attached hydrogens (primary N) is 1. The van der Waals surface area contributed by atoms with E-state index in [0.29, 0.717) is 25.1 Å². The van der Waals surface area contributed by atoms with Gasteiger partial charge in [0, 0.05) is 33.4 Å². The molecule has 0 aromatic carbocycles. The quantitative estimate of drug-likeness (QED) is 0.452. The predicted molar refractivity (Wildman–Crippen MR) is 94.1 cm³/mol. The normalized spacial score (nSPS) is 19.1. The molecule has 118 valence electrons. The van der Waals surface area contributed by atoms with Gasteiger partial charge in [0.05, 0.1) is 24.9 Å². The average Bonchev–Trinajstić information content (AvgIpc) is 2.45. The lowest BCUT2D eigenvalue weighted by Gasteiger charge is -2.31. The highest BCUT2D eigenvalue weighted by molar-refractivity contribution is 14.0. The van der Waals surface area contributed by atoms with Gasteiger partial charge in [-0.15, -0.1) is 24.0 Å². The molecular formula is C13H23IN6O. The third-order valence-corrected chi connectivity index (χ3v) is 3.07. The van der Waals surface area contributed by atoms with Gasteiger partial charge in [0.25, 0.3) is 0 Å². The molecule has 2 rings (SSSR count). The van der Waals surface area contributed by atoms with Crippen molar-refractivity contribution in [2.45, 2.75) is 19.6 Å². The smallest absolute Gasteiger partial charge is 0.225 e.